The molecule has 0 fully saturated rings. The number of thioether (sulfide) groups is 1. The van der Waals surface area contributed by atoms with Crippen molar-refractivity contribution in [2.45, 2.75) is 26.0 Å². The summed E-state index contributed by atoms with van der Waals surface area (Å²) in [6, 6.07) is 0. The molecule has 0 aliphatic heterocycles. The van der Waals surface area contributed by atoms with Crippen molar-refractivity contribution in [2.24, 2.45) is 5.92 Å². The second-order valence-electron chi connectivity index (χ2n) is 2.18. The minimum atomic E-state index is 0.819. The van der Waals surface area contributed by atoms with Gasteiger partial charge in [0.15, 0.2) is 0 Å². The van der Waals surface area contributed by atoms with E-state index in [1.807, 2.05) is 11.8 Å². The molecule has 0 aromatic rings. The highest BCUT2D eigenvalue weighted by molar-refractivity contribution is 7.99. The lowest BCUT2D eigenvalue weighted by atomic mass is 10.2. The van der Waals surface area contributed by atoms with Gasteiger partial charge >= 0.3 is 0 Å². The van der Waals surface area contributed by atoms with Crippen molar-refractivity contribution < 1.29 is 0 Å². The molecule has 0 radical (unpaired) electrons. The van der Waals surface area contributed by atoms with Gasteiger partial charge in [0.1, 0.15) is 0 Å². The van der Waals surface area contributed by atoms with Crippen molar-refractivity contribution in [2.75, 3.05) is 6.26 Å². The van der Waals surface area contributed by atoms with Crippen molar-refractivity contribution in [3.8, 4) is 0 Å². The Morgan fingerprint density at radius 2 is 1.57 bits per heavy atom. The van der Waals surface area contributed by atoms with Crippen LogP contribution in [0.4, 0.5) is 0 Å². The van der Waals surface area contributed by atoms with Crippen LogP contribution in [0.5, 0.6) is 0 Å². The molecule has 0 amide bonds. The zero-order chi connectivity index (χ0) is 5.86. The van der Waals surface area contributed by atoms with E-state index in [0.717, 1.165) is 11.2 Å². The molecule has 0 unspecified atom stereocenters. The van der Waals surface area contributed by atoms with Crippen LogP contribution in [0.2, 0.25) is 0 Å². The monoisotopic (exact) mass is 118 g/mol. The first-order valence-corrected chi connectivity index (χ1v) is 4.00. The van der Waals surface area contributed by atoms with Crippen molar-refractivity contribution >= 4 is 11.8 Å². The maximum atomic E-state index is 2.26. The van der Waals surface area contributed by atoms with Crippen LogP contribution in [0, 0.1) is 5.92 Å². The van der Waals surface area contributed by atoms with Gasteiger partial charge in [0.2, 0.25) is 0 Å². The SMILES string of the molecule is CS[C@H](C)C(C)C. The van der Waals surface area contributed by atoms with E-state index in [9.17, 15) is 0 Å². The van der Waals surface area contributed by atoms with Gasteiger partial charge in [0.05, 0.1) is 0 Å². The normalized spacial score (nSPS) is 15.0. The zero-order valence-corrected chi connectivity index (χ0v) is 6.38. The highest BCUT2D eigenvalue weighted by Crippen LogP contribution is 2.14. The fourth-order valence-corrected chi connectivity index (χ4v) is 0.816. The minimum absolute atomic E-state index is 0.819. The lowest BCUT2D eigenvalue weighted by Gasteiger charge is -2.10. The summed E-state index contributed by atoms with van der Waals surface area (Å²) in [5.74, 6) is 0.829. The molecule has 0 heterocycles. The summed E-state index contributed by atoms with van der Waals surface area (Å²) >= 11 is 1.93. The van der Waals surface area contributed by atoms with E-state index in [2.05, 4.69) is 27.0 Å². The Labute approximate surface area is 50.7 Å². The van der Waals surface area contributed by atoms with Crippen LogP contribution in [-0.2, 0) is 0 Å². The van der Waals surface area contributed by atoms with Crippen LogP contribution in [0.1, 0.15) is 20.8 Å². The second kappa shape index (κ2) is 3.36. The summed E-state index contributed by atoms with van der Waals surface area (Å²) in [6.45, 7) is 6.76. The van der Waals surface area contributed by atoms with E-state index in [1.165, 1.54) is 0 Å². The number of hydrogen-bond donors (Lipinski definition) is 0. The molecule has 0 saturated carbocycles. The predicted molar refractivity (Wildman–Crippen MR) is 37.8 cm³/mol. The average molecular weight is 118 g/mol. The zero-order valence-electron chi connectivity index (χ0n) is 5.56. The van der Waals surface area contributed by atoms with E-state index in [1.54, 1.807) is 0 Å². The van der Waals surface area contributed by atoms with Crippen molar-refractivity contribution in [1.82, 2.24) is 0 Å². The molecular weight excluding hydrogens is 104 g/mol. The Kier molecular flexibility index (Phi) is 3.53. The average Bonchev–Trinajstić information content (AvgIpc) is 1.65. The van der Waals surface area contributed by atoms with Crippen LogP contribution in [-0.4, -0.2) is 11.5 Å². The van der Waals surface area contributed by atoms with Crippen LogP contribution < -0.4 is 0 Å². The third-order valence-corrected chi connectivity index (χ3v) is 2.60. The molecule has 0 spiro atoms. The second-order valence-corrected chi connectivity index (χ2v) is 3.40. The third-order valence-electron chi connectivity index (χ3n) is 1.31. The minimum Gasteiger partial charge on any atom is -0.162 e. The van der Waals surface area contributed by atoms with Gasteiger partial charge in [-0.1, -0.05) is 20.8 Å². The van der Waals surface area contributed by atoms with Gasteiger partial charge in [-0.05, 0) is 12.2 Å². The molecule has 0 aliphatic carbocycles. The van der Waals surface area contributed by atoms with Gasteiger partial charge in [-0.2, -0.15) is 11.8 Å². The lowest BCUT2D eigenvalue weighted by molar-refractivity contribution is 0.643. The van der Waals surface area contributed by atoms with Gasteiger partial charge < -0.3 is 0 Å². The first-order valence-electron chi connectivity index (χ1n) is 2.71. The molecule has 0 rings (SSSR count). The maximum absolute atomic E-state index is 2.26. The Morgan fingerprint density at radius 3 is 1.57 bits per heavy atom. The van der Waals surface area contributed by atoms with E-state index >= 15 is 0 Å². The molecule has 0 bridgehead atoms. The van der Waals surface area contributed by atoms with E-state index in [4.69, 9.17) is 0 Å². The maximum Gasteiger partial charge on any atom is 0.00389 e. The first kappa shape index (κ1) is 7.35. The van der Waals surface area contributed by atoms with Gasteiger partial charge in [-0.3, -0.25) is 0 Å². The summed E-state index contributed by atoms with van der Waals surface area (Å²) in [4.78, 5) is 0. The predicted octanol–water partition coefficient (Wildman–Crippen LogP) is 2.39. The fourth-order valence-electron chi connectivity index (χ4n) is 0.272. The molecular formula is C6H14S. The van der Waals surface area contributed by atoms with Gasteiger partial charge in [0.25, 0.3) is 0 Å². The van der Waals surface area contributed by atoms with E-state index in [-0.39, 0.29) is 0 Å². The topological polar surface area (TPSA) is 0 Å². The van der Waals surface area contributed by atoms with E-state index < -0.39 is 0 Å². The molecule has 0 N–H and O–H groups in total. The number of hydrogen-bond acceptors (Lipinski definition) is 1. The summed E-state index contributed by atoms with van der Waals surface area (Å²) in [5.41, 5.74) is 0. The summed E-state index contributed by atoms with van der Waals surface area (Å²) in [6.07, 6.45) is 2.16. The standard InChI is InChI=1S/C6H14S/c1-5(2)6(3)7-4/h5-6H,1-4H3/t6-/m1/s1. The van der Waals surface area contributed by atoms with Crippen molar-refractivity contribution in [1.29, 1.82) is 0 Å². The van der Waals surface area contributed by atoms with Crippen LogP contribution in [0.25, 0.3) is 0 Å². The highest BCUT2D eigenvalue weighted by atomic mass is 32.2. The Bertz CT molecular complexity index is 41.4. The quantitative estimate of drug-likeness (QED) is 0.536. The molecule has 0 aromatic heterocycles. The van der Waals surface area contributed by atoms with Crippen LogP contribution in [0.3, 0.4) is 0 Å². The van der Waals surface area contributed by atoms with Gasteiger partial charge in [-0.15, -0.1) is 0 Å². The Morgan fingerprint density at radius 1 is 1.14 bits per heavy atom. The molecule has 44 valence electrons. The summed E-state index contributed by atoms with van der Waals surface area (Å²) in [7, 11) is 0. The largest absolute Gasteiger partial charge is 0.162 e. The van der Waals surface area contributed by atoms with E-state index in [0.29, 0.717) is 0 Å². The fraction of sp³-hybridized carbons (Fsp3) is 1.00. The van der Waals surface area contributed by atoms with Crippen molar-refractivity contribution in [3.63, 3.8) is 0 Å². The number of rotatable bonds is 2. The summed E-state index contributed by atoms with van der Waals surface area (Å²) in [5, 5.41) is 0.819. The molecule has 0 aromatic carbocycles. The lowest BCUT2D eigenvalue weighted by Crippen LogP contribution is -2.03. The van der Waals surface area contributed by atoms with Crippen LogP contribution in [0.15, 0.2) is 0 Å². The molecule has 1 atom stereocenters. The molecule has 0 nitrogen and oxygen atoms in total. The highest BCUT2D eigenvalue weighted by Gasteiger charge is 2.01. The summed E-state index contributed by atoms with van der Waals surface area (Å²) < 4.78 is 0. The molecule has 7 heavy (non-hydrogen) atoms. The third kappa shape index (κ3) is 2.98. The Hall–Kier alpha value is 0.350. The molecule has 0 saturated heterocycles. The smallest absolute Gasteiger partial charge is 0.00389 e. The van der Waals surface area contributed by atoms with Gasteiger partial charge in [0, 0.05) is 5.25 Å². The molecule has 1 heteroatoms. The molecule has 0 aliphatic rings. The Balaban J connectivity index is 3.14. The van der Waals surface area contributed by atoms with Crippen molar-refractivity contribution in [3.05, 3.63) is 0 Å². The van der Waals surface area contributed by atoms with Crippen LogP contribution >= 0.6 is 11.8 Å². The first-order chi connectivity index (χ1) is 3.18. The van der Waals surface area contributed by atoms with Gasteiger partial charge in [-0.25, -0.2) is 0 Å².